The molecule has 4 aromatic carbocycles. The molecule has 0 radical (unpaired) electrons. The van der Waals surface area contributed by atoms with Gasteiger partial charge in [0.25, 0.3) is 0 Å². The first-order valence-corrected chi connectivity index (χ1v) is 11.9. The molecule has 0 aliphatic carbocycles. The van der Waals surface area contributed by atoms with Gasteiger partial charge in [-0.1, -0.05) is 66.7 Å². The number of carboxylic acids is 1. The molecule has 186 valence electrons. The highest BCUT2D eigenvalue weighted by molar-refractivity contribution is 5.88. The molecule has 1 aliphatic heterocycles. The molecule has 1 unspecified atom stereocenters. The summed E-state index contributed by atoms with van der Waals surface area (Å²) in [7, 11) is 1.58. The van der Waals surface area contributed by atoms with Crippen LogP contribution in [0.25, 0.3) is 10.8 Å². The van der Waals surface area contributed by atoms with E-state index in [0.717, 1.165) is 23.3 Å². The van der Waals surface area contributed by atoms with E-state index >= 15 is 0 Å². The van der Waals surface area contributed by atoms with Gasteiger partial charge in [-0.25, -0.2) is 4.79 Å². The van der Waals surface area contributed by atoms with Gasteiger partial charge < -0.3 is 19.9 Å². The first-order chi connectivity index (χ1) is 17.0. The third kappa shape index (κ3) is 5.03. The summed E-state index contributed by atoms with van der Waals surface area (Å²) in [6.45, 7) is 2.87. The van der Waals surface area contributed by atoms with Crippen molar-refractivity contribution in [1.29, 1.82) is 0 Å². The van der Waals surface area contributed by atoms with Gasteiger partial charge in [-0.2, -0.15) is 0 Å². The highest BCUT2D eigenvalue weighted by Gasteiger charge is 2.31. The van der Waals surface area contributed by atoms with Crippen molar-refractivity contribution in [2.75, 3.05) is 13.7 Å². The summed E-state index contributed by atoms with van der Waals surface area (Å²) in [5.74, 6) is 0.518. The molecule has 6 heteroatoms. The number of carbonyl (C=O) groups is 1. The van der Waals surface area contributed by atoms with Gasteiger partial charge in [-0.05, 0) is 47.9 Å². The summed E-state index contributed by atoms with van der Waals surface area (Å²) >= 11 is 0. The van der Waals surface area contributed by atoms with Gasteiger partial charge in [-0.15, -0.1) is 12.4 Å². The fraction of sp³-hybridized carbons (Fsp3) is 0.233. The monoisotopic (exact) mass is 503 g/mol. The first kappa shape index (κ1) is 25.5. The van der Waals surface area contributed by atoms with E-state index in [1.54, 1.807) is 19.2 Å². The molecule has 0 saturated carbocycles. The second kappa shape index (κ2) is 11.0. The molecule has 1 heterocycles. The normalized spacial score (nSPS) is 17.4. The number of nitrogens with one attached hydrogen (secondary N) is 1. The summed E-state index contributed by atoms with van der Waals surface area (Å²) in [4.78, 5) is 11.5. The Labute approximate surface area is 217 Å². The van der Waals surface area contributed by atoms with E-state index in [9.17, 15) is 9.90 Å². The van der Waals surface area contributed by atoms with Crippen molar-refractivity contribution < 1.29 is 19.4 Å². The van der Waals surface area contributed by atoms with Crippen LogP contribution in [0.2, 0.25) is 0 Å². The Balaban J connectivity index is 0.00000304. The van der Waals surface area contributed by atoms with E-state index in [1.807, 2.05) is 24.3 Å². The molecule has 3 atom stereocenters. The lowest BCUT2D eigenvalue weighted by Gasteiger charge is -2.34. The van der Waals surface area contributed by atoms with Crippen LogP contribution in [0.3, 0.4) is 0 Å². The number of hydrogen-bond donors (Lipinski definition) is 2. The Morgan fingerprint density at radius 2 is 1.78 bits per heavy atom. The number of halogens is 1. The molecule has 0 spiro atoms. The van der Waals surface area contributed by atoms with Crippen molar-refractivity contribution in [3.05, 3.63) is 107 Å². The number of carboxylic acid groups (broad SMARTS) is 1. The minimum absolute atomic E-state index is 0. The smallest absolute Gasteiger partial charge is 0.335 e. The van der Waals surface area contributed by atoms with Crippen molar-refractivity contribution in [3.8, 4) is 11.5 Å². The van der Waals surface area contributed by atoms with Crippen LogP contribution < -0.4 is 14.8 Å². The molecular formula is C30H30ClNO4. The molecule has 0 fully saturated rings. The maximum Gasteiger partial charge on any atom is 0.335 e. The van der Waals surface area contributed by atoms with Crippen LogP contribution >= 0.6 is 12.4 Å². The third-order valence-electron chi connectivity index (χ3n) is 6.88. The maximum absolute atomic E-state index is 11.5. The summed E-state index contributed by atoms with van der Waals surface area (Å²) < 4.78 is 12.0. The average molecular weight is 504 g/mol. The number of ether oxygens (including phenoxy) is 2. The van der Waals surface area contributed by atoms with Crippen LogP contribution in [0.1, 0.15) is 52.4 Å². The Bertz CT molecular complexity index is 1370. The Morgan fingerprint density at radius 1 is 1.03 bits per heavy atom. The minimum Gasteiger partial charge on any atom is -0.496 e. The quantitative estimate of drug-likeness (QED) is 0.297. The van der Waals surface area contributed by atoms with Gasteiger partial charge in [0.15, 0.2) is 0 Å². The summed E-state index contributed by atoms with van der Waals surface area (Å²) in [6, 6.07) is 28.2. The molecule has 0 saturated heterocycles. The maximum atomic E-state index is 11.5. The van der Waals surface area contributed by atoms with E-state index in [-0.39, 0.29) is 36.0 Å². The van der Waals surface area contributed by atoms with E-state index in [4.69, 9.17) is 9.47 Å². The third-order valence-corrected chi connectivity index (χ3v) is 6.88. The lowest BCUT2D eigenvalue weighted by molar-refractivity contribution is 0.0696. The average Bonchev–Trinajstić information content (AvgIpc) is 2.90. The number of benzene rings is 4. The lowest BCUT2D eigenvalue weighted by atomic mass is 9.83. The van der Waals surface area contributed by atoms with E-state index < -0.39 is 5.97 Å². The van der Waals surface area contributed by atoms with Gasteiger partial charge in [0.2, 0.25) is 0 Å². The molecular weight excluding hydrogens is 474 g/mol. The largest absolute Gasteiger partial charge is 0.496 e. The molecule has 36 heavy (non-hydrogen) atoms. The molecule has 2 N–H and O–H groups in total. The van der Waals surface area contributed by atoms with Gasteiger partial charge >= 0.3 is 5.97 Å². The van der Waals surface area contributed by atoms with Crippen LogP contribution in [0, 0.1) is 0 Å². The second-order valence-corrected chi connectivity index (χ2v) is 9.03. The number of rotatable bonds is 7. The van der Waals surface area contributed by atoms with Crippen LogP contribution in [0.4, 0.5) is 0 Å². The molecule has 4 aromatic rings. The number of hydrogen-bond acceptors (Lipinski definition) is 4. The van der Waals surface area contributed by atoms with Crippen LogP contribution in [0.15, 0.2) is 84.9 Å². The van der Waals surface area contributed by atoms with Crippen molar-refractivity contribution in [1.82, 2.24) is 5.32 Å². The highest BCUT2D eigenvalue weighted by Crippen LogP contribution is 2.43. The fourth-order valence-electron chi connectivity index (χ4n) is 5.09. The molecule has 0 bridgehead atoms. The standard InChI is InChI=1S/C30H29NO4.ClH/c1-19(23-12-7-9-20-8-3-4-10-24(20)23)31-18-22-17-27(25-11-5-6-13-28(25)35-22)26-15-14-21(30(32)33)16-29(26)34-2;/h3-16,19,22,27,31H,17-18H2,1-2H3,(H,32,33);1H/t19?,22-,27-;/m1./s1. The van der Waals surface area contributed by atoms with Crippen LogP contribution in [-0.4, -0.2) is 30.8 Å². The zero-order valence-corrected chi connectivity index (χ0v) is 21.1. The Kier molecular flexibility index (Phi) is 7.82. The Morgan fingerprint density at radius 3 is 2.58 bits per heavy atom. The zero-order valence-electron chi connectivity index (χ0n) is 20.3. The molecule has 0 aromatic heterocycles. The van der Waals surface area contributed by atoms with Crippen molar-refractivity contribution in [2.45, 2.75) is 31.4 Å². The van der Waals surface area contributed by atoms with Crippen LogP contribution in [0.5, 0.6) is 11.5 Å². The SMILES string of the molecule is COc1cc(C(=O)O)ccc1[C@@H]1C[C@H](CNC(C)c2cccc3ccccc23)Oc2ccccc21.Cl. The molecule has 0 amide bonds. The fourth-order valence-corrected chi connectivity index (χ4v) is 5.09. The van der Waals surface area contributed by atoms with Crippen molar-refractivity contribution in [3.63, 3.8) is 0 Å². The molecule has 5 nitrogen and oxygen atoms in total. The van der Waals surface area contributed by atoms with Gasteiger partial charge in [-0.3, -0.25) is 0 Å². The minimum atomic E-state index is -0.966. The summed E-state index contributed by atoms with van der Waals surface area (Å²) in [5.41, 5.74) is 3.54. The molecule has 5 rings (SSSR count). The Hall–Kier alpha value is -3.54. The lowest BCUT2D eigenvalue weighted by Crippen LogP contribution is -2.37. The topological polar surface area (TPSA) is 67.8 Å². The molecule has 1 aliphatic rings. The van der Waals surface area contributed by atoms with E-state index in [2.05, 4.69) is 60.8 Å². The van der Waals surface area contributed by atoms with E-state index in [0.29, 0.717) is 12.3 Å². The number of methoxy groups -OCH3 is 1. The summed E-state index contributed by atoms with van der Waals surface area (Å²) in [5, 5.41) is 15.6. The van der Waals surface area contributed by atoms with Crippen molar-refractivity contribution in [2.24, 2.45) is 0 Å². The van der Waals surface area contributed by atoms with E-state index in [1.165, 1.54) is 16.3 Å². The van der Waals surface area contributed by atoms with Crippen LogP contribution in [-0.2, 0) is 0 Å². The van der Waals surface area contributed by atoms with Crippen molar-refractivity contribution >= 4 is 29.1 Å². The number of para-hydroxylation sites is 1. The zero-order chi connectivity index (χ0) is 24.4. The van der Waals surface area contributed by atoms with Gasteiger partial charge in [0.05, 0.1) is 12.7 Å². The predicted octanol–water partition coefficient (Wildman–Crippen LogP) is 6.60. The summed E-state index contributed by atoms with van der Waals surface area (Å²) in [6.07, 6.45) is 0.714. The second-order valence-electron chi connectivity index (χ2n) is 9.03. The predicted molar refractivity (Wildman–Crippen MR) is 145 cm³/mol. The van der Waals surface area contributed by atoms with Gasteiger partial charge in [0, 0.05) is 29.6 Å². The first-order valence-electron chi connectivity index (χ1n) is 11.9. The highest BCUT2D eigenvalue weighted by atomic mass is 35.5. The van der Waals surface area contributed by atoms with Gasteiger partial charge in [0.1, 0.15) is 17.6 Å². The number of aromatic carboxylic acids is 1. The number of fused-ring (bicyclic) bond motifs is 2.